The van der Waals surface area contributed by atoms with Crippen molar-refractivity contribution in [3.8, 4) is 0 Å². The Bertz CT molecular complexity index is 573. The molecule has 0 unspecified atom stereocenters. The zero-order valence-corrected chi connectivity index (χ0v) is 11.4. The van der Waals surface area contributed by atoms with Gasteiger partial charge in [-0.05, 0) is 0 Å². The van der Waals surface area contributed by atoms with Crippen molar-refractivity contribution in [1.82, 2.24) is 0 Å². The van der Waals surface area contributed by atoms with Gasteiger partial charge < -0.3 is 5.11 Å². The number of halogens is 14. The Morgan fingerprint density at radius 2 is 1.04 bits per heavy atom. The van der Waals surface area contributed by atoms with E-state index in [1.807, 2.05) is 0 Å². The smallest absolute Gasteiger partial charge is 0.460 e. The van der Waals surface area contributed by atoms with Gasteiger partial charge in [0.05, 0.1) is 18.3 Å². The monoisotopic (exact) mass is 422 g/mol. The third-order valence-electron chi connectivity index (χ3n) is 2.82. The summed E-state index contributed by atoms with van der Waals surface area (Å²) in [6.07, 6.45) is -12.1. The molecule has 0 radical (unpaired) electrons. The van der Waals surface area contributed by atoms with Crippen LogP contribution >= 0.6 is 0 Å². The lowest BCUT2D eigenvalue weighted by atomic mass is 9.91. The van der Waals surface area contributed by atoms with Crippen molar-refractivity contribution >= 4 is 5.97 Å². The molecule has 0 aromatic carbocycles. The Morgan fingerprint density at radius 1 is 0.692 bits per heavy atom. The van der Waals surface area contributed by atoms with Gasteiger partial charge in [0.2, 0.25) is 0 Å². The van der Waals surface area contributed by atoms with Crippen molar-refractivity contribution < 1.29 is 71.4 Å². The van der Waals surface area contributed by atoms with Gasteiger partial charge >= 0.3 is 41.8 Å². The molecule has 0 heterocycles. The van der Waals surface area contributed by atoms with Gasteiger partial charge in [-0.25, -0.2) is 9.18 Å². The molecular formula is C10H4F14O2. The largest absolute Gasteiger partial charge is 0.478 e. The topological polar surface area (TPSA) is 37.3 Å². The van der Waals surface area contributed by atoms with Crippen molar-refractivity contribution in [2.75, 3.05) is 0 Å². The molecular weight excluding hydrogens is 418 g/mol. The Labute approximate surface area is 133 Å². The van der Waals surface area contributed by atoms with Gasteiger partial charge in [0, 0.05) is 0 Å². The highest BCUT2D eigenvalue weighted by Gasteiger charge is 2.90. The first-order valence-corrected chi connectivity index (χ1v) is 5.60. The van der Waals surface area contributed by atoms with Gasteiger partial charge in [-0.1, -0.05) is 0 Å². The van der Waals surface area contributed by atoms with Crippen LogP contribution in [0.25, 0.3) is 0 Å². The summed E-state index contributed by atoms with van der Waals surface area (Å²) in [5.41, 5.74) is -2.38. The lowest BCUT2D eigenvalue weighted by Crippen LogP contribution is -2.70. The fourth-order valence-electron chi connectivity index (χ4n) is 1.31. The standard InChI is InChI=1S/C10H4F14O2/c11-2-3(4(25)26)1-5(12,13)6(14,15)7(16,17)8(18,19)9(20,21)10(22,23)24/h2H,1H2,(H,25,26). The van der Waals surface area contributed by atoms with E-state index in [0.717, 1.165) is 0 Å². The summed E-state index contributed by atoms with van der Waals surface area (Å²) in [6.45, 7) is 0. The van der Waals surface area contributed by atoms with Crippen LogP contribution in [0.15, 0.2) is 11.9 Å². The Kier molecular flexibility index (Phi) is 6.00. The second kappa shape index (κ2) is 6.44. The molecule has 0 aliphatic heterocycles. The minimum absolute atomic E-state index is 1.33. The lowest BCUT2D eigenvalue weighted by molar-refractivity contribution is -0.439. The number of carbonyl (C=O) groups is 1. The number of hydrogen-bond donors (Lipinski definition) is 1. The highest BCUT2D eigenvalue weighted by molar-refractivity contribution is 5.86. The van der Waals surface area contributed by atoms with Crippen molar-refractivity contribution in [1.29, 1.82) is 0 Å². The predicted octanol–water partition coefficient (Wildman–Crippen LogP) is 5.05. The predicted molar refractivity (Wildman–Crippen MR) is 52.2 cm³/mol. The molecule has 0 spiro atoms. The first-order chi connectivity index (χ1) is 11.1. The summed E-state index contributed by atoms with van der Waals surface area (Å²) in [5.74, 6) is -41.1. The third kappa shape index (κ3) is 3.41. The van der Waals surface area contributed by atoms with Crippen molar-refractivity contribution in [2.24, 2.45) is 0 Å². The first-order valence-electron chi connectivity index (χ1n) is 5.60. The van der Waals surface area contributed by atoms with E-state index in [1.165, 1.54) is 0 Å². The summed E-state index contributed by atoms with van der Waals surface area (Å²) in [5, 5.41) is 8.11. The van der Waals surface area contributed by atoms with E-state index in [1.54, 1.807) is 0 Å². The molecule has 0 saturated carbocycles. The summed E-state index contributed by atoms with van der Waals surface area (Å²) < 4.78 is 177. The fourth-order valence-corrected chi connectivity index (χ4v) is 1.31. The van der Waals surface area contributed by atoms with E-state index in [-0.39, 0.29) is 0 Å². The Morgan fingerprint density at radius 3 is 1.31 bits per heavy atom. The maximum absolute atomic E-state index is 13.1. The molecule has 0 aliphatic carbocycles. The molecule has 154 valence electrons. The minimum atomic E-state index is -8.09. The molecule has 0 aromatic rings. The van der Waals surface area contributed by atoms with Crippen LogP contribution in [-0.4, -0.2) is 46.9 Å². The molecule has 16 heteroatoms. The van der Waals surface area contributed by atoms with Crippen molar-refractivity contribution in [3.05, 3.63) is 11.9 Å². The third-order valence-corrected chi connectivity index (χ3v) is 2.82. The fraction of sp³-hybridized carbons (Fsp3) is 0.700. The minimum Gasteiger partial charge on any atom is -0.478 e. The molecule has 0 saturated heterocycles. The van der Waals surface area contributed by atoms with Gasteiger partial charge in [0.25, 0.3) is 0 Å². The highest BCUT2D eigenvalue weighted by atomic mass is 19.4. The average molecular weight is 422 g/mol. The number of hydrogen-bond acceptors (Lipinski definition) is 1. The molecule has 0 aromatic heterocycles. The summed E-state index contributed by atoms with van der Waals surface area (Å²) in [4.78, 5) is 10.2. The van der Waals surface area contributed by atoms with E-state index in [4.69, 9.17) is 5.11 Å². The van der Waals surface area contributed by atoms with Crippen LogP contribution < -0.4 is 0 Å². The number of aliphatic carboxylic acids is 1. The normalized spacial score (nSPS) is 16.0. The maximum Gasteiger partial charge on any atom is 0.460 e. The SMILES string of the molecule is O=C(O)C(=CF)CC(F)(F)C(F)(F)C(F)(F)C(F)(F)C(F)(F)C(F)(F)F. The van der Waals surface area contributed by atoms with E-state index < -0.39 is 60.1 Å². The molecule has 0 amide bonds. The van der Waals surface area contributed by atoms with E-state index in [0.29, 0.717) is 0 Å². The summed E-state index contributed by atoms with van der Waals surface area (Å²) in [7, 11) is 0. The Hall–Kier alpha value is -1.77. The van der Waals surface area contributed by atoms with Gasteiger partial charge in [0.15, 0.2) is 0 Å². The number of carboxylic acids is 1. The van der Waals surface area contributed by atoms with Crippen molar-refractivity contribution in [2.45, 2.75) is 42.2 Å². The molecule has 0 rings (SSSR count). The van der Waals surface area contributed by atoms with Gasteiger partial charge in [-0.2, -0.15) is 57.1 Å². The second-order valence-electron chi connectivity index (χ2n) is 4.62. The second-order valence-corrected chi connectivity index (χ2v) is 4.62. The van der Waals surface area contributed by atoms with Crippen LogP contribution in [0.3, 0.4) is 0 Å². The maximum atomic E-state index is 13.1. The van der Waals surface area contributed by atoms with Crippen LogP contribution in [0, 0.1) is 0 Å². The van der Waals surface area contributed by atoms with Gasteiger partial charge in [-0.3, -0.25) is 0 Å². The van der Waals surface area contributed by atoms with Gasteiger partial charge in [0.1, 0.15) is 0 Å². The van der Waals surface area contributed by atoms with Crippen LogP contribution in [0.1, 0.15) is 6.42 Å². The van der Waals surface area contributed by atoms with E-state index in [2.05, 4.69) is 0 Å². The molecule has 0 aliphatic rings. The zero-order chi connectivity index (χ0) is 21.6. The summed E-state index contributed by atoms with van der Waals surface area (Å²) in [6, 6.07) is 0. The van der Waals surface area contributed by atoms with Gasteiger partial charge in [-0.15, -0.1) is 0 Å². The molecule has 0 atom stereocenters. The number of carboxylic acid groups (broad SMARTS) is 1. The zero-order valence-electron chi connectivity index (χ0n) is 11.4. The van der Waals surface area contributed by atoms with E-state index in [9.17, 15) is 66.3 Å². The number of rotatable bonds is 7. The van der Waals surface area contributed by atoms with Crippen LogP contribution in [-0.2, 0) is 4.79 Å². The molecule has 0 fully saturated rings. The lowest BCUT2D eigenvalue weighted by Gasteiger charge is -2.39. The highest BCUT2D eigenvalue weighted by Crippen LogP contribution is 2.60. The van der Waals surface area contributed by atoms with Crippen LogP contribution in [0.4, 0.5) is 61.5 Å². The van der Waals surface area contributed by atoms with Crippen molar-refractivity contribution in [3.63, 3.8) is 0 Å². The van der Waals surface area contributed by atoms with Crippen LogP contribution in [0.2, 0.25) is 0 Å². The quantitative estimate of drug-likeness (QED) is 0.461. The molecule has 0 bridgehead atoms. The van der Waals surface area contributed by atoms with Crippen LogP contribution in [0.5, 0.6) is 0 Å². The average Bonchev–Trinajstić information content (AvgIpc) is 2.42. The molecule has 1 N–H and O–H groups in total. The molecule has 26 heavy (non-hydrogen) atoms. The Balaban J connectivity index is 6.28. The molecule has 2 nitrogen and oxygen atoms in total. The van der Waals surface area contributed by atoms with E-state index >= 15 is 0 Å². The number of alkyl halides is 13. The first kappa shape index (κ1) is 24.2. The summed E-state index contributed by atoms with van der Waals surface area (Å²) >= 11 is 0.